The molecule has 2 aromatic heterocycles. The van der Waals surface area contributed by atoms with E-state index in [2.05, 4.69) is 15.5 Å². The highest BCUT2D eigenvalue weighted by Crippen LogP contribution is 2.22. The second-order valence-electron chi connectivity index (χ2n) is 7.27. The summed E-state index contributed by atoms with van der Waals surface area (Å²) in [6.07, 6.45) is 1.52. The molecule has 8 nitrogen and oxygen atoms in total. The van der Waals surface area contributed by atoms with Gasteiger partial charge in [-0.2, -0.15) is 4.98 Å². The lowest BCUT2D eigenvalue weighted by atomic mass is 10.1. The molecular weight excluding hydrogens is 408 g/mol. The fourth-order valence-corrected chi connectivity index (χ4v) is 3.23. The van der Waals surface area contributed by atoms with Gasteiger partial charge in [0.2, 0.25) is 11.7 Å². The number of Topliss-reactive ketones (excluding diaryl/α,β-unsaturated/α-hetero) is 1. The minimum Gasteiger partial charge on any atom is -0.333 e. The third-order valence-corrected chi connectivity index (χ3v) is 4.95. The molecule has 1 amide bonds. The first-order valence-corrected chi connectivity index (χ1v) is 9.93. The Labute approximate surface area is 183 Å². The lowest BCUT2D eigenvalue weighted by Gasteiger charge is -2.08. The summed E-state index contributed by atoms with van der Waals surface area (Å²) >= 11 is 0. The van der Waals surface area contributed by atoms with Gasteiger partial charge in [-0.25, -0.2) is 0 Å². The van der Waals surface area contributed by atoms with Crippen LogP contribution >= 0.6 is 0 Å². The van der Waals surface area contributed by atoms with Gasteiger partial charge in [-0.05, 0) is 55.8 Å². The van der Waals surface area contributed by atoms with Crippen LogP contribution in [0.2, 0.25) is 0 Å². The Balaban J connectivity index is 1.53. The van der Waals surface area contributed by atoms with Crippen LogP contribution in [0.25, 0.3) is 22.8 Å². The molecule has 0 fully saturated rings. The van der Waals surface area contributed by atoms with Crippen molar-refractivity contribution in [2.45, 2.75) is 20.4 Å². The van der Waals surface area contributed by atoms with E-state index in [1.54, 1.807) is 36.4 Å². The van der Waals surface area contributed by atoms with Crippen LogP contribution in [0, 0.1) is 6.92 Å². The normalized spacial score (nSPS) is 10.7. The summed E-state index contributed by atoms with van der Waals surface area (Å²) in [5.41, 5.74) is 2.67. The lowest BCUT2D eigenvalue weighted by molar-refractivity contribution is -0.116. The van der Waals surface area contributed by atoms with E-state index in [4.69, 9.17) is 4.52 Å². The number of amides is 1. The molecule has 4 rings (SSSR count). The molecule has 8 heteroatoms. The van der Waals surface area contributed by atoms with Crippen molar-refractivity contribution in [1.82, 2.24) is 14.7 Å². The molecule has 0 spiro atoms. The van der Waals surface area contributed by atoms with Crippen LogP contribution in [-0.2, 0) is 11.3 Å². The largest absolute Gasteiger partial charge is 0.333 e. The number of aryl methyl sites for hydroxylation is 1. The molecule has 0 unspecified atom stereocenters. The molecule has 32 heavy (non-hydrogen) atoms. The molecule has 0 bridgehead atoms. The Morgan fingerprint density at radius 3 is 2.44 bits per heavy atom. The van der Waals surface area contributed by atoms with Crippen LogP contribution in [0.4, 0.5) is 5.69 Å². The van der Waals surface area contributed by atoms with Gasteiger partial charge in [0.05, 0.1) is 0 Å². The number of hydrogen-bond acceptors (Lipinski definition) is 6. The molecule has 160 valence electrons. The Kier molecular flexibility index (Phi) is 5.76. The topological polar surface area (TPSA) is 107 Å². The third kappa shape index (κ3) is 4.39. The third-order valence-electron chi connectivity index (χ3n) is 4.95. The van der Waals surface area contributed by atoms with Crippen molar-refractivity contribution in [2.75, 3.05) is 5.32 Å². The van der Waals surface area contributed by atoms with Gasteiger partial charge in [-0.1, -0.05) is 29.4 Å². The summed E-state index contributed by atoms with van der Waals surface area (Å²) < 4.78 is 6.59. The molecule has 2 aromatic carbocycles. The highest BCUT2D eigenvalue weighted by atomic mass is 16.5. The van der Waals surface area contributed by atoms with Crippen molar-refractivity contribution in [3.8, 4) is 22.8 Å². The maximum absolute atomic E-state index is 12.9. The second kappa shape index (κ2) is 8.81. The molecule has 0 saturated carbocycles. The minimum atomic E-state index is -0.422. The molecule has 0 aliphatic carbocycles. The zero-order valence-electron chi connectivity index (χ0n) is 17.5. The lowest BCUT2D eigenvalue weighted by Crippen LogP contribution is -2.28. The average Bonchev–Trinajstić information content (AvgIpc) is 3.25. The standard InChI is InChI=1S/C24H20N4O4/c1-15-6-3-4-7-19(15)22-26-23(32-27-22)20-8-5-13-28(24(20)31)14-21(30)25-18-11-9-17(10-12-18)16(2)29/h3-13H,14H2,1-2H3,(H,25,30). The number of pyridine rings is 1. The van der Waals surface area contributed by atoms with Crippen LogP contribution in [0.1, 0.15) is 22.8 Å². The van der Waals surface area contributed by atoms with Crippen molar-refractivity contribution < 1.29 is 14.1 Å². The zero-order valence-corrected chi connectivity index (χ0v) is 17.5. The maximum atomic E-state index is 12.9. The molecule has 0 atom stereocenters. The molecular formula is C24H20N4O4. The number of nitrogens with one attached hydrogen (secondary N) is 1. The van der Waals surface area contributed by atoms with E-state index >= 15 is 0 Å². The van der Waals surface area contributed by atoms with Gasteiger partial charge in [-0.3, -0.25) is 14.4 Å². The molecule has 2 heterocycles. The van der Waals surface area contributed by atoms with Crippen LogP contribution in [0.5, 0.6) is 0 Å². The molecule has 4 aromatic rings. The van der Waals surface area contributed by atoms with E-state index in [0.29, 0.717) is 17.1 Å². The van der Waals surface area contributed by atoms with E-state index in [1.165, 1.54) is 17.7 Å². The van der Waals surface area contributed by atoms with Crippen molar-refractivity contribution >= 4 is 17.4 Å². The van der Waals surface area contributed by atoms with Crippen molar-refractivity contribution in [1.29, 1.82) is 0 Å². The molecule has 0 aliphatic heterocycles. The fourth-order valence-electron chi connectivity index (χ4n) is 3.23. The monoisotopic (exact) mass is 428 g/mol. The number of carbonyl (C=O) groups is 2. The summed E-state index contributed by atoms with van der Waals surface area (Å²) in [7, 11) is 0. The summed E-state index contributed by atoms with van der Waals surface area (Å²) in [6, 6.07) is 17.4. The first kappa shape index (κ1) is 20.9. The van der Waals surface area contributed by atoms with Crippen LogP contribution < -0.4 is 10.9 Å². The van der Waals surface area contributed by atoms with E-state index in [9.17, 15) is 14.4 Å². The number of carbonyl (C=O) groups excluding carboxylic acids is 2. The van der Waals surface area contributed by atoms with E-state index in [1.807, 2.05) is 31.2 Å². The minimum absolute atomic E-state index is 0.0575. The van der Waals surface area contributed by atoms with Crippen LogP contribution in [0.3, 0.4) is 0 Å². The first-order chi connectivity index (χ1) is 15.4. The quantitative estimate of drug-likeness (QED) is 0.469. The number of rotatable bonds is 6. The van der Waals surface area contributed by atoms with E-state index in [-0.39, 0.29) is 29.7 Å². The number of hydrogen-bond donors (Lipinski definition) is 1. The van der Waals surface area contributed by atoms with Gasteiger partial charge in [0.1, 0.15) is 12.1 Å². The Morgan fingerprint density at radius 1 is 1.00 bits per heavy atom. The van der Waals surface area contributed by atoms with Crippen LogP contribution in [0.15, 0.2) is 76.2 Å². The van der Waals surface area contributed by atoms with Gasteiger partial charge in [0, 0.05) is 23.0 Å². The molecule has 0 radical (unpaired) electrons. The number of ketones is 1. The highest BCUT2D eigenvalue weighted by molar-refractivity contribution is 5.95. The van der Waals surface area contributed by atoms with Gasteiger partial charge in [-0.15, -0.1) is 0 Å². The van der Waals surface area contributed by atoms with Gasteiger partial charge < -0.3 is 14.4 Å². The van der Waals surface area contributed by atoms with E-state index in [0.717, 1.165) is 11.1 Å². The molecule has 1 N–H and O–H groups in total. The number of benzene rings is 2. The van der Waals surface area contributed by atoms with Crippen LogP contribution in [-0.4, -0.2) is 26.4 Å². The maximum Gasteiger partial charge on any atom is 0.263 e. The average molecular weight is 428 g/mol. The summed E-state index contributed by atoms with van der Waals surface area (Å²) in [6.45, 7) is 3.22. The van der Waals surface area contributed by atoms with Gasteiger partial charge in [0.25, 0.3) is 11.4 Å². The number of aromatic nitrogens is 3. The van der Waals surface area contributed by atoms with Crippen molar-refractivity contribution in [3.63, 3.8) is 0 Å². The predicted octanol–water partition coefficient (Wildman–Crippen LogP) is 3.72. The summed E-state index contributed by atoms with van der Waals surface area (Å²) in [4.78, 5) is 41.1. The Hall–Kier alpha value is -4.33. The predicted molar refractivity (Wildman–Crippen MR) is 119 cm³/mol. The smallest absolute Gasteiger partial charge is 0.263 e. The van der Waals surface area contributed by atoms with Gasteiger partial charge >= 0.3 is 0 Å². The number of nitrogens with zero attached hydrogens (tertiary/aromatic N) is 3. The fraction of sp³-hybridized carbons (Fsp3) is 0.125. The van der Waals surface area contributed by atoms with Crippen molar-refractivity contribution in [3.05, 3.63) is 88.3 Å². The summed E-state index contributed by atoms with van der Waals surface area (Å²) in [5, 5.41) is 6.71. The number of anilines is 1. The highest BCUT2D eigenvalue weighted by Gasteiger charge is 2.16. The second-order valence-corrected chi connectivity index (χ2v) is 7.27. The van der Waals surface area contributed by atoms with E-state index < -0.39 is 5.56 Å². The Bertz CT molecular complexity index is 1350. The SMILES string of the molecule is CC(=O)c1ccc(NC(=O)Cn2cccc(-c3nc(-c4ccccc4C)no3)c2=O)cc1. The Morgan fingerprint density at radius 2 is 1.72 bits per heavy atom. The van der Waals surface area contributed by atoms with Crippen molar-refractivity contribution in [2.24, 2.45) is 0 Å². The first-order valence-electron chi connectivity index (χ1n) is 9.93. The summed E-state index contributed by atoms with van der Waals surface area (Å²) in [5.74, 6) is 0.0336. The zero-order chi connectivity index (χ0) is 22.7. The molecule has 0 aliphatic rings. The molecule has 0 saturated heterocycles. The van der Waals surface area contributed by atoms with Gasteiger partial charge in [0.15, 0.2) is 5.78 Å².